The van der Waals surface area contributed by atoms with Crippen molar-refractivity contribution in [3.63, 3.8) is 0 Å². The highest BCUT2D eigenvalue weighted by atomic mass is 16.1. The molecule has 2 unspecified atom stereocenters. The van der Waals surface area contributed by atoms with E-state index >= 15 is 0 Å². The maximum absolute atomic E-state index is 9.97. The molecule has 0 saturated heterocycles. The van der Waals surface area contributed by atoms with Crippen LogP contribution in [-0.2, 0) is 4.79 Å². The van der Waals surface area contributed by atoms with E-state index in [1.807, 2.05) is 13.2 Å². The fourth-order valence-corrected chi connectivity index (χ4v) is 0.719. The van der Waals surface area contributed by atoms with Crippen LogP contribution in [-0.4, -0.2) is 6.29 Å². The van der Waals surface area contributed by atoms with Gasteiger partial charge in [0.25, 0.3) is 0 Å². The molecule has 1 heteroatoms. The number of rotatable bonds is 1. The van der Waals surface area contributed by atoms with Gasteiger partial charge >= 0.3 is 0 Å². The molecule has 1 fully saturated rings. The van der Waals surface area contributed by atoms with Gasteiger partial charge in [0, 0.05) is 5.41 Å². The molecule has 0 spiro atoms. The Morgan fingerprint density at radius 2 is 2.29 bits per heavy atom. The molecule has 0 aromatic heterocycles. The molecule has 0 heterocycles. The van der Waals surface area contributed by atoms with Crippen molar-refractivity contribution in [2.75, 3.05) is 0 Å². The van der Waals surface area contributed by atoms with Gasteiger partial charge in [0.05, 0.1) is 0 Å². The van der Waals surface area contributed by atoms with E-state index in [9.17, 15) is 4.79 Å². The zero-order valence-corrected chi connectivity index (χ0v) is 4.69. The summed E-state index contributed by atoms with van der Waals surface area (Å²) in [5.74, 6) is 0.588. The van der Waals surface area contributed by atoms with Crippen LogP contribution >= 0.6 is 0 Å². The summed E-state index contributed by atoms with van der Waals surface area (Å²) in [4.78, 5) is 9.97. The smallest absolute Gasteiger partial charge is 0.205 e. The minimum atomic E-state index is -0.0556. The third kappa shape index (κ3) is 0.561. The first kappa shape index (κ1) is 4.82. The highest BCUT2D eigenvalue weighted by Crippen LogP contribution is 2.49. The van der Waals surface area contributed by atoms with Crippen molar-refractivity contribution in [3.05, 3.63) is 0 Å². The Hall–Kier alpha value is -0.330. The third-order valence-electron chi connectivity index (χ3n) is 1.89. The Balaban J connectivity index is 2.51. The fourth-order valence-electron chi connectivity index (χ4n) is 0.719. The number of hydrogen-bond donors (Lipinski definition) is 0. The maximum atomic E-state index is 9.97. The standard InChI is InChI=1S/C6H9O/c1-5-3-6(5,2)4-7/h5H,3H2,1-2H3. The van der Waals surface area contributed by atoms with E-state index in [1.54, 1.807) is 0 Å². The zero-order chi connectivity index (χ0) is 5.49. The first-order chi connectivity index (χ1) is 3.19. The van der Waals surface area contributed by atoms with Crippen molar-refractivity contribution >= 4 is 6.29 Å². The van der Waals surface area contributed by atoms with Crippen molar-refractivity contribution in [3.8, 4) is 0 Å². The van der Waals surface area contributed by atoms with Gasteiger partial charge < -0.3 is 0 Å². The molecule has 0 aromatic rings. The topological polar surface area (TPSA) is 17.1 Å². The van der Waals surface area contributed by atoms with Crippen LogP contribution in [0, 0.1) is 11.3 Å². The van der Waals surface area contributed by atoms with Crippen LogP contribution in [0.4, 0.5) is 0 Å². The fraction of sp³-hybridized carbons (Fsp3) is 0.833. The first-order valence-corrected chi connectivity index (χ1v) is 2.58. The molecule has 0 amide bonds. The van der Waals surface area contributed by atoms with E-state index < -0.39 is 0 Å². The lowest BCUT2D eigenvalue weighted by Gasteiger charge is -1.89. The van der Waals surface area contributed by atoms with Crippen LogP contribution in [0.1, 0.15) is 20.3 Å². The van der Waals surface area contributed by atoms with E-state index in [-0.39, 0.29) is 5.41 Å². The Kier molecular flexibility index (Phi) is 0.748. The average Bonchev–Trinajstić information content (AvgIpc) is 2.18. The summed E-state index contributed by atoms with van der Waals surface area (Å²) >= 11 is 0. The molecule has 1 radical (unpaired) electrons. The van der Waals surface area contributed by atoms with Gasteiger partial charge in [-0.1, -0.05) is 13.8 Å². The highest BCUT2D eigenvalue weighted by molar-refractivity contribution is 5.64. The Labute approximate surface area is 43.7 Å². The maximum Gasteiger partial charge on any atom is 0.205 e. The van der Waals surface area contributed by atoms with Gasteiger partial charge in [0.15, 0.2) is 0 Å². The van der Waals surface area contributed by atoms with Crippen LogP contribution in [0.25, 0.3) is 0 Å². The van der Waals surface area contributed by atoms with Crippen molar-refractivity contribution in [2.24, 2.45) is 11.3 Å². The molecule has 39 valence electrons. The molecule has 0 N–H and O–H groups in total. The van der Waals surface area contributed by atoms with Crippen LogP contribution in [0.15, 0.2) is 0 Å². The second-order valence-electron chi connectivity index (χ2n) is 2.62. The van der Waals surface area contributed by atoms with Crippen LogP contribution in [0.2, 0.25) is 0 Å². The SMILES string of the molecule is CC1CC1(C)[C]=O. The normalized spacial score (nSPS) is 48.6. The molecule has 2 atom stereocenters. The lowest BCUT2D eigenvalue weighted by molar-refractivity contribution is 0.516. The minimum absolute atomic E-state index is 0.0556. The van der Waals surface area contributed by atoms with Crippen LogP contribution in [0.3, 0.4) is 0 Å². The second kappa shape index (κ2) is 1.09. The van der Waals surface area contributed by atoms with Gasteiger partial charge in [-0.3, -0.25) is 4.79 Å². The van der Waals surface area contributed by atoms with Gasteiger partial charge in [0.1, 0.15) is 0 Å². The largest absolute Gasteiger partial charge is 0.290 e. The van der Waals surface area contributed by atoms with Crippen molar-refractivity contribution in [2.45, 2.75) is 20.3 Å². The molecule has 1 rings (SSSR count). The highest BCUT2D eigenvalue weighted by Gasteiger charge is 2.47. The Morgan fingerprint density at radius 3 is 2.29 bits per heavy atom. The van der Waals surface area contributed by atoms with Gasteiger partial charge in [-0.2, -0.15) is 0 Å². The van der Waals surface area contributed by atoms with E-state index in [0.29, 0.717) is 5.92 Å². The summed E-state index contributed by atoms with van der Waals surface area (Å²) in [6.07, 6.45) is 3.05. The number of carbonyl (C=O) groups excluding carboxylic acids is 1. The summed E-state index contributed by atoms with van der Waals surface area (Å²) in [5, 5.41) is 0. The van der Waals surface area contributed by atoms with Crippen molar-refractivity contribution in [1.82, 2.24) is 0 Å². The van der Waals surface area contributed by atoms with Crippen LogP contribution in [0.5, 0.6) is 0 Å². The second-order valence-corrected chi connectivity index (χ2v) is 2.62. The van der Waals surface area contributed by atoms with Gasteiger partial charge in [-0.15, -0.1) is 0 Å². The van der Waals surface area contributed by atoms with E-state index in [1.165, 1.54) is 0 Å². The lowest BCUT2D eigenvalue weighted by Crippen LogP contribution is -1.95. The summed E-state index contributed by atoms with van der Waals surface area (Å²) in [5.41, 5.74) is -0.0556. The van der Waals surface area contributed by atoms with Gasteiger partial charge in [-0.05, 0) is 12.3 Å². The molecular weight excluding hydrogens is 88.1 g/mol. The molecule has 0 aliphatic heterocycles. The van der Waals surface area contributed by atoms with Crippen molar-refractivity contribution in [1.29, 1.82) is 0 Å². The predicted octanol–water partition coefficient (Wildman–Crippen LogP) is 1.14. The predicted molar refractivity (Wildman–Crippen MR) is 27.6 cm³/mol. The summed E-state index contributed by atoms with van der Waals surface area (Å²) < 4.78 is 0. The summed E-state index contributed by atoms with van der Waals surface area (Å²) in [6, 6.07) is 0. The zero-order valence-electron chi connectivity index (χ0n) is 4.69. The van der Waals surface area contributed by atoms with Crippen LogP contribution < -0.4 is 0 Å². The van der Waals surface area contributed by atoms with Crippen molar-refractivity contribution < 1.29 is 4.79 Å². The first-order valence-electron chi connectivity index (χ1n) is 2.58. The molecule has 1 nitrogen and oxygen atoms in total. The summed E-state index contributed by atoms with van der Waals surface area (Å²) in [7, 11) is 0. The third-order valence-corrected chi connectivity index (χ3v) is 1.89. The molecule has 7 heavy (non-hydrogen) atoms. The molecule has 0 bridgehead atoms. The molecule has 1 saturated carbocycles. The molecule has 1 aliphatic carbocycles. The van der Waals surface area contributed by atoms with Gasteiger partial charge in [0.2, 0.25) is 6.29 Å². The Morgan fingerprint density at radius 1 is 1.86 bits per heavy atom. The van der Waals surface area contributed by atoms with E-state index in [0.717, 1.165) is 6.42 Å². The minimum Gasteiger partial charge on any atom is -0.290 e. The summed E-state index contributed by atoms with van der Waals surface area (Å²) in [6.45, 7) is 4.02. The molecule has 1 aliphatic rings. The monoisotopic (exact) mass is 97.1 g/mol. The quantitative estimate of drug-likeness (QED) is 0.479. The molecular formula is C6H9O. The Bertz CT molecular complexity index is 98.4. The molecule has 0 aromatic carbocycles. The van der Waals surface area contributed by atoms with E-state index in [2.05, 4.69) is 6.92 Å². The average molecular weight is 97.1 g/mol. The number of hydrogen-bond acceptors (Lipinski definition) is 1. The van der Waals surface area contributed by atoms with E-state index in [4.69, 9.17) is 0 Å². The van der Waals surface area contributed by atoms with Gasteiger partial charge in [-0.25, -0.2) is 0 Å². The lowest BCUT2D eigenvalue weighted by atomic mass is 10.1.